The van der Waals surface area contributed by atoms with Crippen LogP contribution in [-0.4, -0.2) is 41.1 Å². The van der Waals surface area contributed by atoms with Crippen LogP contribution in [0.4, 0.5) is 0 Å². The van der Waals surface area contributed by atoms with Gasteiger partial charge in [-0.2, -0.15) is 0 Å². The normalized spacial score (nSPS) is 9.71. The fraction of sp³-hybridized carbons (Fsp3) is 1.00. The van der Waals surface area contributed by atoms with Crippen LogP contribution in [0, 0.1) is 0 Å². The number of hydrogen-bond donors (Lipinski definition) is 1. The minimum Gasteiger partial charge on any atom is -0.133 e. The summed E-state index contributed by atoms with van der Waals surface area (Å²) in [5.74, 6) is 0. The van der Waals surface area contributed by atoms with Crippen molar-refractivity contribution in [2.75, 3.05) is 6.61 Å². The van der Waals surface area contributed by atoms with Crippen molar-refractivity contribution in [1.82, 2.24) is 0 Å². The molecule has 0 aliphatic rings. The molecule has 1 atom stereocenters. The van der Waals surface area contributed by atoms with Crippen LogP contribution in [-0.2, 0) is 9.09 Å². The first-order chi connectivity index (χ1) is 2.77. The quantitative estimate of drug-likeness (QED) is 0.434. The van der Waals surface area contributed by atoms with E-state index in [0.29, 0.717) is 6.61 Å². The van der Waals surface area contributed by atoms with E-state index in [1.807, 2.05) is 0 Å². The van der Waals surface area contributed by atoms with E-state index in [0.717, 1.165) is 0 Å². The van der Waals surface area contributed by atoms with Gasteiger partial charge in [0.05, 0.1) is 0 Å². The van der Waals surface area contributed by atoms with Gasteiger partial charge in [-0.3, -0.25) is 0 Å². The molecule has 3 nitrogen and oxygen atoms in total. The van der Waals surface area contributed by atoms with Crippen molar-refractivity contribution in [3.05, 3.63) is 0 Å². The summed E-state index contributed by atoms with van der Waals surface area (Å²) in [5, 5.41) is 0. The van der Waals surface area contributed by atoms with Crippen molar-refractivity contribution in [1.29, 1.82) is 0 Å². The maximum Gasteiger partial charge on any atom is 0.694 e. The monoisotopic (exact) mass is 132 g/mol. The zero-order valence-electron chi connectivity index (χ0n) is 4.42. The summed E-state index contributed by atoms with van der Waals surface area (Å²) < 4.78 is 13.6. The van der Waals surface area contributed by atoms with Gasteiger partial charge >= 0.3 is 8.25 Å². The Morgan fingerprint density at radius 2 is 2.29 bits per heavy atom. The summed E-state index contributed by atoms with van der Waals surface area (Å²) >= 11 is 0. The topological polar surface area (TPSA) is 46.5 Å². The zero-order chi connectivity index (χ0) is 4.99. The minimum atomic E-state index is -2.35. The van der Waals surface area contributed by atoms with Crippen LogP contribution in [0.2, 0.25) is 0 Å². The van der Waals surface area contributed by atoms with Crippen molar-refractivity contribution < 1.29 is 14.0 Å². The molecule has 1 unspecified atom stereocenters. The van der Waals surface area contributed by atoms with Gasteiger partial charge in [0.25, 0.3) is 0 Å². The van der Waals surface area contributed by atoms with E-state index in [1.54, 1.807) is 6.92 Å². The Morgan fingerprint density at radius 1 is 1.86 bits per heavy atom. The molecular formula is C2H6NaO3P+. The van der Waals surface area contributed by atoms with Gasteiger partial charge in [-0.05, 0) is 6.92 Å². The molecule has 1 N–H and O–H groups in total. The van der Waals surface area contributed by atoms with E-state index in [4.69, 9.17) is 4.89 Å². The number of rotatable bonds is 2. The van der Waals surface area contributed by atoms with E-state index >= 15 is 0 Å². The average Bonchev–Trinajstić information content (AvgIpc) is 1.35. The molecule has 0 bridgehead atoms. The fourth-order valence-corrected chi connectivity index (χ4v) is 0.331. The molecule has 0 fully saturated rings. The van der Waals surface area contributed by atoms with E-state index in [-0.39, 0.29) is 29.6 Å². The Hall–Kier alpha value is 1.02. The first kappa shape index (κ1) is 10.9. The largest absolute Gasteiger partial charge is 0.694 e. The van der Waals surface area contributed by atoms with Gasteiger partial charge in [0.2, 0.25) is 0 Å². The van der Waals surface area contributed by atoms with Crippen LogP contribution >= 0.6 is 8.25 Å². The molecule has 0 aromatic heterocycles. The van der Waals surface area contributed by atoms with Gasteiger partial charge < -0.3 is 0 Å². The molecule has 0 aliphatic heterocycles. The van der Waals surface area contributed by atoms with Crippen LogP contribution in [0.25, 0.3) is 0 Å². The second kappa shape index (κ2) is 7.02. The summed E-state index contributed by atoms with van der Waals surface area (Å²) in [5.41, 5.74) is 0. The predicted molar refractivity (Wildman–Crippen MR) is 27.2 cm³/mol. The van der Waals surface area contributed by atoms with Gasteiger partial charge in [0, 0.05) is 34.1 Å². The predicted octanol–water partition coefficient (Wildman–Crippen LogP) is 0.292. The van der Waals surface area contributed by atoms with Gasteiger partial charge in [0.15, 0.2) is 0 Å². The second-order valence-electron chi connectivity index (χ2n) is 0.656. The molecule has 0 saturated carbocycles. The molecule has 0 saturated heterocycles. The smallest absolute Gasteiger partial charge is 0.133 e. The molecule has 0 aromatic carbocycles. The van der Waals surface area contributed by atoms with Crippen molar-refractivity contribution in [2.45, 2.75) is 6.92 Å². The summed E-state index contributed by atoms with van der Waals surface area (Å²) in [6.45, 7) is 1.95. The molecule has 0 aromatic rings. The van der Waals surface area contributed by atoms with Crippen molar-refractivity contribution in [2.24, 2.45) is 0 Å². The molecule has 0 rings (SSSR count). The molecular weight excluding hydrogens is 126 g/mol. The molecule has 0 aliphatic carbocycles. The molecule has 5 heteroatoms. The molecule has 0 spiro atoms. The molecule has 37 valence electrons. The Bertz CT molecular complexity index is 56.9. The summed E-state index contributed by atoms with van der Waals surface area (Å²) in [4.78, 5) is 7.84. The number of hydrogen-bond acceptors (Lipinski definition) is 2. The van der Waals surface area contributed by atoms with Gasteiger partial charge in [-0.1, -0.05) is 0 Å². The van der Waals surface area contributed by atoms with Crippen LogP contribution in [0.15, 0.2) is 0 Å². The SMILES string of the molecule is CCO[P+](=O)O.[Na]. The van der Waals surface area contributed by atoms with E-state index in [2.05, 4.69) is 4.52 Å². The van der Waals surface area contributed by atoms with Crippen molar-refractivity contribution in [3.63, 3.8) is 0 Å². The van der Waals surface area contributed by atoms with E-state index in [1.165, 1.54) is 0 Å². The van der Waals surface area contributed by atoms with E-state index < -0.39 is 8.25 Å². The van der Waals surface area contributed by atoms with Crippen LogP contribution < -0.4 is 0 Å². The zero-order valence-corrected chi connectivity index (χ0v) is 7.31. The molecule has 0 amide bonds. The maximum atomic E-state index is 9.53. The van der Waals surface area contributed by atoms with Crippen molar-refractivity contribution >= 4 is 37.8 Å². The molecule has 7 heavy (non-hydrogen) atoms. The second-order valence-corrected chi connectivity index (χ2v) is 1.39. The third-order valence-electron chi connectivity index (χ3n) is 0.240. The van der Waals surface area contributed by atoms with Gasteiger partial charge in [-0.15, -0.1) is 9.42 Å². The van der Waals surface area contributed by atoms with Gasteiger partial charge in [0.1, 0.15) is 6.61 Å². The van der Waals surface area contributed by atoms with Crippen LogP contribution in [0.5, 0.6) is 0 Å². The Kier molecular flexibility index (Phi) is 10.9. The Morgan fingerprint density at radius 3 is 2.29 bits per heavy atom. The van der Waals surface area contributed by atoms with Crippen molar-refractivity contribution in [3.8, 4) is 0 Å². The average molecular weight is 132 g/mol. The third-order valence-corrected chi connectivity index (χ3v) is 0.719. The summed E-state index contributed by atoms with van der Waals surface area (Å²) in [7, 11) is -2.35. The molecule has 0 heterocycles. The Labute approximate surface area is 65.3 Å². The van der Waals surface area contributed by atoms with Crippen LogP contribution in [0.1, 0.15) is 6.92 Å². The fourth-order valence-electron chi connectivity index (χ4n) is 0.110. The summed E-state index contributed by atoms with van der Waals surface area (Å²) in [6.07, 6.45) is 0. The third kappa shape index (κ3) is 10.9. The first-order valence-electron chi connectivity index (χ1n) is 1.56. The van der Waals surface area contributed by atoms with E-state index in [9.17, 15) is 4.57 Å². The summed E-state index contributed by atoms with van der Waals surface area (Å²) in [6, 6.07) is 0. The van der Waals surface area contributed by atoms with Gasteiger partial charge in [-0.25, -0.2) is 0 Å². The first-order valence-corrected chi connectivity index (χ1v) is 2.69. The minimum absolute atomic E-state index is 0. The Balaban J connectivity index is 0. The molecule has 1 radical (unpaired) electrons. The standard InChI is InChI=1S/C2H5O3P.Na/c1-2-5-6(3)4;/h2H2,1H3;/p+1. The van der Waals surface area contributed by atoms with Crippen LogP contribution in [0.3, 0.4) is 0 Å². The maximum absolute atomic E-state index is 9.53.